The Morgan fingerprint density at radius 3 is 2.28 bits per heavy atom. The Hall–Kier alpha value is -1.10. The number of ether oxygens (including phenoxy) is 1. The number of hydrogen-bond donors (Lipinski definition) is 1. The summed E-state index contributed by atoms with van der Waals surface area (Å²) >= 11 is 0. The number of nitrogens with one attached hydrogen (secondary N) is 1. The fourth-order valence-electron chi connectivity index (χ4n) is 2.44. The number of esters is 1. The Balaban J connectivity index is 2.42. The highest BCUT2D eigenvalue weighted by atomic mass is 16.5. The number of likely N-dealkylation sites (tertiary alicyclic amines) is 1. The van der Waals surface area contributed by atoms with Gasteiger partial charge in [-0.25, -0.2) is 0 Å². The Labute approximate surface area is 109 Å². The number of nitrogens with zero attached hydrogens (tertiary/aromatic N) is 1. The van der Waals surface area contributed by atoms with E-state index in [0.717, 1.165) is 25.9 Å². The molecule has 1 heterocycles. The molecule has 0 aliphatic carbocycles. The van der Waals surface area contributed by atoms with Crippen LogP contribution >= 0.6 is 0 Å². The molecule has 18 heavy (non-hydrogen) atoms. The van der Waals surface area contributed by atoms with E-state index in [4.69, 9.17) is 4.74 Å². The van der Waals surface area contributed by atoms with Crippen LogP contribution in [0, 0.1) is 5.92 Å². The van der Waals surface area contributed by atoms with Gasteiger partial charge in [0, 0.05) is 32.1 Å². The average molecular weight is 256 g/mol. The van der Waals surface area contributed by atoms with Gasteiger partial charge in [0.25, 0.3) is 0 Å². The van der Waals surface area contributed by atoms with Crippen LogP contribution in [0.2, 0.25) is 0 Å². The first kappa shape index (κ1) is 15.0. The van der Waals surface area contributed by atoms with Crippen molar-refractivity contribution >= 4 is 11.9 Å². The van der Waals surface area contributed by atoms with E-state index in [1.54, 1.807) is 6.92 Å². The van der Waals surface area contributed by atoms with Crippen LogP contribution in [0.5, 0.6) is 0 Å². The average Bonchev–Trinajstić information content (AvgIpc) is 2.36. The van der Waals surface area contributed by atoms with E-state index in [1.807, 2.05) is 6.92 Å². The zero-order chi connectivity index (χ0) is 13.7. The van der Waals surface area contributed by atoms with Crippen LogP contribution in [0.3, 0.4) is 0 Å². The van der Waals surface area contributed by atoms with Gasteiger partial charge < -0.3 is 10.1 Å². The lowest BCUT2D eigenvalue weighted by Gasteiger charge is -2.37. The second-order valence-electron chi connectivity index (χ2n) is 5.06. The number of rotatable bonds is 4. The molecule has 5 heteroatoms. The number of methoxy groups -OCH3 is 1. The van der Waals surface area contributed by atoms with E-state index in [1.165, 1.54) is 7.11 Å². The minimum atomic E-state index is -0.161. The lowest BCUT2D eigenvalue weighted by atomic mass is 9.97. The largest absolute Gasteiger partial charge is 0.469 e. The molecule has 0 bridgehead atoms. The Bertz CT molecular complexity index is 299. The smallest absolute Gasteiger partial charge is 0.309 e. The van der Waals surface area contributed by atoms with E-state index in [-0.39, 0.29) is 29.9 Å². The fraction of sp³-hybridized carbons (Fsp3) is 0.846. The summed E-state index contributed by atoms with van der Waals surface area (Å²) in [6, 6.07) is 0.454. The first-order valence-corrected chi connectivity index (χ1v) is 6.54. The van der Waals surface area contributed by atoms with Crippen LogP contribution in [0.15, 0.2) is 0 Å². The van der Waals surface area contributed by atoms with Crippen molar-refractivity contribution in [1.29, 1.82) is 0 Å². The van der Waals surface area contributed by atoms with Gasteiger partial charge in [0.1, 0.15) is 0 Å². The molecular formula is C13H24N2O3. The first-order valence-electron chi connectivity index (χ1n) is 6.54. The van der Waals surface area contributed by atoms with Gasteiger partial charge >= 0.3 is 5.97 Å². The van der Waals surface area contributed by atoms with Crippen molar-refractivity contribution < 1.29 is 14.3 Å². The predicted molar refractivity (Wildman–Crippen MR) is 69.1 cm³/mol. The van der Waals surface area contributed by atoms with Gasteiger partial charge in [0.15, 0.2) is 0 Å². The molecule has 0 spiro atoms. The summed E-state index contributed by atoms with van der Waals surface area (Å²) in [4.78, 5) is 24.8. The molecule has 0 radical (unpaired) electrons. The minimum Gasteiger partial charge on any atom is -0.469 e. The summed E-state index contributed by atoms with van der Waals surface area (Å²) in [5.74, 6) is -0.247. The second kappa shape index (κ2) is 6.73. The quantitative estimate of drug-likeness (QED) is 0.755. The fourth-order valence-corrected chi connectivity index (χ4v) is 2.44. The van der Waals surface area contributed by atoms with E-state index in [0.29, 0.717) is 0 Å². The molecule has 2 atom stereocenters. The van der Waals surface area contributed by atoms with Crippen LogP contribution in [0.4, 0.5) is 0 Å². The Morgan fingerprint density at radius 1 is 1.28 bits per heavy atom. The lowest BCUT2D eigenvalue weighted by Crippen LogP contribution is -2.49. The second-order valence-corrected chi connectivity index (χ2v) is 5.06. The highest BCUT2D eigenvalue weighted by molar-refractivity contribution is 5.73. The highest BCUT2D eigenvalue weighted by Crippen LogP contribution is 2.18. The maximum absolute atomic E-state index is 11.5. The Morgan fingerprint density at radius 2 is 1.83 bits per heavy atom. The summed E-state index contributed by atoms with van der Waals surface area (Å²) in [7, 11) is 1.43. The molecule has 1 rings (SSSR count). The topological polar surface area (TPSA) is 58.6 Å². The molecule has 1 amide bonds. The molecule has 1 fully saturated rings. The zero-order valence-electron chi connectivity index (χ0n) is 11.7. The monoisotopic (exact) mass is 256 g/mol. The SMILES string of the molecule is COC(=O)C(C)C(C)N1CCC(NC(C)=O)CC1. The zero-order valence-corrected chi connectivity index (χ0v) is 11.7. The normalized spacial score (nSPS) is 21.1. The molecule has 1 saturated heterocycles. The van der Waals surface area contributed by atoms with Gasteiger partial charge in [-0.1, -0.05) is 6.92 Å². The van der Waals surface area contributed by atoms with Crippen LogP contribution in [0.1, 0.15) is 33.6 Å². The molecular weight excluding hydrogens is 232 g/mol. The van der Waals surface area contributed by atoms with Crippen LogP contribution < -0.4 is 5.32 Å². The van der Waals surface area contributed by atoms with Crippen LogP contribution in [0.25, 0.3) is 0 Å². The Kier molecular flexibility index (Phi) is 5.59. The maximum Gasteiger partial charge on any atom is 0.309 e. The molecule has 5 nitrogen and oxygen atoms in total. The van der Waals surface area contributed by atoms with Crippen molar-refractivity contribution in [3.8, 4) is 0 Å². The van der Waals surface area contributed by atoms with Gasteiger partial charge in [-0.2, -0.15) is 0 Å². The molecule has 0 aromatic heterocycles. The van der Waals surface area contributed by atoms with Crippen molar-refractivity contribution in [2.24, 2.45) is 5.92 Å². The standard InChI is InChI=1S/C13H24N2O3/c1-9(13(17)18-4)10(2)15-7-5-12(6-8-15)14-11(3)16/h9-10,12H,5-8H2,1-4H3,(H,14,16). The third-order valence-corrected chi connectivity index (χ3v) is 3.81. The van der Waals surface area contributed by atoms with Crippen LogP contribution in [-0.4, -0.2) is 49.1 Å². The van der Waals surface area contributed by atoms with E-state index >= 15 is 0 Å². The third-order valence-electron chi connectivity index (χ3n) is 3.81. The number of hydrogen-bond acceptors (Lipinski definition) is 4. The molecule has 1 aliphatic rings. The lowest BCUT2D eigenvalue weighted by molar-refractivity contribution is -0.147. The van der Waals surface area contributed by atoms with Crippen molar-refractivity contribution in [1.82, 2.24) is 10.2 Å². The van der Waals surface area contributed by atoms with Gasteiger partial charge in [-0.05, 0) is 19.8 Å². The summed E-state index contributed by atoms with van der Waals surface area (Å²) in [6.07, 6.45) is 1.88. The van der Waals surface area contributed by atoms with Gasteiger partial charge in [-0.15, -0.1) is 0 Å². The summed E-state index contributed by atoms with van der Waals surface area (Å²) < 4.78 is 4.78. The maximum atomic E-state index is 11.5. The molecule has 2 unspecified atom stereocenters. The number of piperidine rings is 1. The molecule has 0 aromatic carbocycles. The molecule has 1 aliphatic heterocycles. The molecule has 1 N–H and O–H groups in total. The molecule has 0 saturated carbocycles. The minimum absolute atomic E-state index is 0.0319. The summed E-state index contributed by atoms with van der Waals surface area (Å²) in [5.41, 5.74) is 0. The molecule has 0 aromatic rings. The predicted octanol–water partition coefficient (Wildman–Crippen LogP) is 0.785. The first-order chi connectivity index (χ1) is 8.45. The van der Waals surface area contributed by atoms with Gasteiger partial charge in [0.2, 0.25) is 5.91 Å². The third kappa shape index (κ3) is 3.98. The van der Waals surface area contributed by atoms with E-state index in [2.05, 4.69) is 17.1 Å². The van der Waals surface area contributed by atoms with Gasteiger partial charge in [0.05, 0.1) is 13.0 Å². The van der Waals surface area contributed by atoms with Crippen molar-refractivity contribution in [3.05, 3.63) is 0 Å². The summed E-state index contributed by atoms with van der Waals surface area (Å²) in [6.45, 7) is 7.33. The molecule has 104 valence electrons. The van der Waals surface area contributed by atoms with Gasteiger partial charge in [-0.3, -0.25) is 14.5 Å². The number of carbonyl (C=O) groups excluding carboxylic acids is 2. The van der Waals surface area contributed by atoms with E-state index < -0.39 is 0 Å². The summed E-state index contributed by atoms with van der Waals surface area (Å²) in [5, 5.41) is 2.95. The highest BCUT2D eigenvalue weighted by Gasteiger charge is 2.29. The van der Waals surface area contributed by atoms with Crippen molar-refractivity contribution in [3.63, 3.8) is 0 Å². The van der Waals surface area contributed by atoms with E-state index in [9.17, 15) is 9.59 Å². The van der Waals surface area contributed by atoms with Crippen molar-refractivity contribution in [2.75, 3.05) is 20.2 Å². The van der Waals surface area contributed by atoms with Crippen LogP contribution in [-0.2, 0) is 14.3 Å². The van der Waals surface area contributed by atoms with Crippen molar-refractivity contribution in [2.45, 2.75) is 45.7 Å². The number of amides is 1. The number of carbonyl (C=O) groups is 2.